The predicted octanol–water partition coefficient (Wildman–Crippen LogP) is 3.83. The number of hydrogen-bond acceptors (Lipinski definition) is 3. The van der Waals surface area contributed by atoms with E-state index in [1.807, 2.05) is 0 Å². The minimum Gasteiger partial charge on any atom is -0.354 e. The Morgan fingerprint density at radius 3 is 1.69 bits per heavy atom. The molecule has 0 radical (unpaired) electrons. The largest absolute Gasteiger partial charge is 0.354 e. The van der Waals surface area contributed by atoms with Crippen LogP contribution in [0.2, 0.25) is 0 Å². The fourth-order valence-electron chi connectivity index (χ4n) is 0.918. The third kappa shape index (κ3) is 2.05. The molecule has 68 valence electrons. The highest BCUT2D eigenvalue weighted by Crippen LogP contribution is 2.24. The molecule has 0 bridgehead atoms. The van der Waals surface area contributed by atoms with Crippen molar-refractivity contribution in [1.82, 2.24) is 0 Å². The van der Waals surface area contributed by atoms with Gasteiger partial charge in [0.25, 0.3) is 0 Å². The zero-order chi connectivity index (χ0) is 9.26. The molecule has 0 saturated carbocycles. The van der Waals surface area contributed by atoms with Crippen LogP contribution in [0.5, 0.6) is 0 Å². The quantitative estimate of drug-likeness (QED) is 0.806. The van der Waals surface area contributed by atoms with Gasteiger partial charge >= 0.3 is 0 Å². The molecule has 0 fully saturated rings. The maximum absolute atomic E-state index is 12.5. The molecule has 0 aliphatic rings. The summed E-state index contributed by atoms with van der Waals surface area (Å²) in [5, 5.41) is 5.67. The van der Waals surface area contributed by atoms with E-state index in [4.69, 9.17) is 0 Å². The number of anilines is 2. The van der Waals surface area contributed by atoms with Crippen LogP contribution in [0.25, 0.3) is 0 Å². The standard InChI is InChI=1S/C8H5F2NS2/c9-7-1-5(3-12-7)11-6-2-8(10)13-4-6/h1-4,11H. The molecule has 1 nitrogen and oxygen atoms in total. The zero-order valence-corrected chi connectivity index (χ0v) is 8.01. The minimum absolute atomic E-state index is 0.252. The third-order valence-electron chi connectivity index (χ3n) is 1.42. The lowest BCUT2D eigenvalue weighted by molar-refractivity contribution is 0.657. The maximum Gasteiger partial charge on any atom is 0.178 e. The van der Waals surface area contributed by atoms with Crippen LogP contribution in [-0.4, -0.2) is 0 Å². The van der Waals surface area contributed by atoms with E-state index in [2.05, 4.69) is 5.32 Å². The Morgan fingerprint density at radius 1 is 0.923 bits per heavy atom. The van der Waals surface area contributed by atoms with Crippen molar-refractivity contribution in [2.24, 2.45) is 0 Å². The SMILES string of the molecule is Fc1cc(Nc2csc(F)c2)cs1. The van der Waals surface area contributed by atoms with Crippen LogP contribution in [0.4, 0.5) is 20.2 Å². The van der Waals surface area contributed by atoms with Crippen LogP contribution in [0, 0.1) is 10.3 Å². The first-order chi connectivity index (χ1) is 6.24. The molecule has 2 aromatic heterocycles. The summed E-state index contributed by atoms with van der Waals surface area (Å²) in [6.45, 7) is 0. The van der Waals surface area contributed by atoms with Crippen molar-refractivity contribution in [1.29, 1.82) is 0 Å². The topological polar surface area (TPSA) is 12.0 Å². The Balaban J connectivity index is 2.14. The molecule has 0 amide bonds. The molecule has 2 aromatic rings. The molecule has 0 saturated heterocycles. The third-order valence-corrected chi connectivity index (χ3v) is 2.85. The summed E-state index contributed by atoms with van der Waals surface area (Å²) in [7, 11) is 0. The van der Waals surface area contributed by atoms with Gasteiger partial charge in [0.05, 0.1) is 11.4 Å². The summed E-state index contributed by atoms with van der Waals surface area (Å²) in [5.74, 6) is 0. The van der Waals surface area contributed by atoms with Gasteiger partial charge in [-0.2, -0.15) is 8.78 Å². The van der Waals surface area contributed by atoms with E-state index in [1.165, 1.54) is 12.1 Å². The van der Waals surface area contributed by atoms with Crippen LogP contribution >= 0.6 is 22.7 Å². The van der Waals surface area contributed by atoms with Gasteiger partial charge in [-0.15, -0.1) is 22.7 Å². The van der Waals surface area contributed by atoms with Crippen LogP contribution in [0.15, 0.2) is 22.9 Å². The van der Waals surface area contributed by atoms with Crippen LogP contribution in [-0.2, 0) is 0 Å². The lowest BCUT2D eigenvalue weighted by Gasteiger charge is -1.97. The molecule has 0 aliphatic carbocycles. The second kappa shape index (κ2) is 3.43. The molecule has 2 heterocycles. The Bertz CT molecular complexity index is 369. The Kier molecular flexibility index (Phi) is 2.28. The lowest BCUT2D eigenvalue weighted by atomic mass is 10.4. The first-order valence-corrected chi connectivity index (χ1v) is 5.25. The average Bonchev–Trinajstić information content (AvgIpc) is 2.62. The maximum atomic E-state index is 12.5. The van der Waals surface area contributed by atoms with Crippen LogP contribution in [0.1, 0.15) is 0 Å². The van der Waals surface area contributed by atoms with Gasteiger partial charge in [0, 0.05) is 22.9 Å². The molecule has 0 atom stereocenters. The molecule has 0 aliphatic heterocycles. The predicted molar refractivity (Wildman–Crippen MR) is 51.8 cm³/mol. The summed E-state index contributed by atoms with van der Waals surface area (Å²) in [6, 6.07) is 2.75. The summed E-state index contributed by atoms with van der Waals surface area (Å²) in [5.41, 5.74) is 1.31. The number of thiophene rings is 2. The van der Waals surface area contributed by atoms with E-state index in [9.17, 15) is 8.78 Å². The highest BCUT2D eigenvalue weighted by molar-refractivity contribution is 7.09. The van der Waals surface area contributed by atoms with E-state index >= 15 is 0 Å². The first kappa shape index (κ1) is 8.65. The molecule has 0 unspecified atom stereocenters. The van der Waals surface area contributed by atoms with Crippen molar-refractivity contribution in [2.75, 3.05) is 5.32 Å². The smallest absolute Gasteiger partial charge is 0.178 e. The van der Waals surface area contributed by atoms with E-state index in [0.717, 1.165) is 22.7 Å². The minimum atomic E-state index is -0.252. The molecule has 13 heavy (non-hydrogen) atoms. The number of nitrogens with one attached hydrogen (secondary N) is 1. The zero-order valence-electron chi connectivity index (χ0n) is 6.38. The molecule has 0 spiro atoms. The second-order valence-corrected chi connectivity index (χ2v) is 4.13. The van der Waals surface area contributed by atoms with Gasteiger partial charge in [0.15, 0.2) is 10.3 Å². The lowest BCUT2D eigenvalue weighted by Crippen LogP contribution is -1.83. The van der Waals surface area contributed by atoms with Crippen molar-refractivity contribution in [2.45, 2.75) is 0 Å². The molecule has 1 N–H and O–H groups in total. The van der Waals surface area contributed by atoms with E-state index < -0.39 is 0 Å². The van der Waals surface area contributed by atoms with Gasteiger partial charge < -0.3 is 5.32 Å². The highest BCUT2D eigenvalue weighted by Gasteiger charge is 2.01. The van der Waals surface area contributed by atoms with Gasteiger partial charge in [-0.1, -0.05) is 0 Å². The number of rotatable bonds is 2. The van der Waals surface area contributed by atoms with Gasteiger partial charge in [0.2, 0.25) is 0 Å². The van der Waals surface area contributed by atoms with Gasteiger partial charge in [-0.25, -0.2) is 0 Å². The van der Waals surface area contributed by atoms with Crippen molar-refractivity contribution in [3.63, 3.8) is 0 Å². The molecule has 0 aromatic carbocycles. The highest BCUT2D eigenvalue weighted by atomic mass is 32.1. The van der Waals surface area contributed by atoms with E-state index in [1.54, 1.807) is 10.8 Å². The van der Waals surface area contributed by atoms with Gasteiger partial charge in [0.1, 0.15) is 0 Å². The van der Waals surface area contributed by atoms with Crippen molar-refractivity contribution >= 4 is 34.0 Å². The Morgan fingerprint density at radius 2 is 1.38 bits per heavy atom. The fraction of sp³-hybridized carbons (Fsp3) is 0. The Labute approximate surface area is 81.7 Å². The summed E-state index contributed by atoms with van der Waals surface area (Å²) in [6.07, 6.45) is 0. The van der Waals surface area contributed by atoms with E-state index in [-0.39, 0.29) is 10.3 Å². The Hall–Kier alpha value is -0.940. The summed E-state index contributed by atoms with van der Waals surface area (Å²) < 4.78 is 25.1. The van der Waals surface area contributed by atoms with Crippen molar-refractivity contribution < 1.29 is 8.78 Å². The van der Waals surface area contributed by atoms with Crippen LogP contribution in [0.3, 0.4) is 0 Å². The van der Waals surface area contributed by atoms with Gasteiger partial charge in [-0.3, -0.25) is 0 Å². The number of halogens is 2. The van der Waals surface area contributed by atoms with Crippen LogP contribution < -0.4 is 5.32 Å². The van der Waals surface area contributed by atoms with E-state index in [0.29, 0.717) is 11.4 Å². The fourth-order valence-corrected chi connectivity index (χ4v) is 2.04. The molecule has 2 rings (SSSR count). The first-order valence-electron chi connectivity index (χ1n) is 3.49. The summed E-state index contributed by atoms with van der Waals surface area (Å²) >= 11 is 2.02. The molecular weight excluding hydrogens is 212 g/mol. The normalized spacial score (nSPS) is 10.3. The van der Waals surface area contributed by atoms with Gasteiger partial charge in [-0.05, 0) is 0 Å². The van der Waals surface area contributed by atoms with Crippen molar-refractivity contribution in [3.8, 4) is 0 Å². The monoisotopic (exact) mass is 217 g/mol. The molecule has 5 heteroatoms. The second-order valence-electron chi connectivity index (χ2n) is 2.40. The van der Waals surface area contributed by atoms with Crippen molar-refractivity contribution in [3.05, 3.63) is 33.2 Å². The number of hydrogen-bond donors (Lipinski definition) is 1. The summed E-state index contributed by atoms with van der Waals surface area (Å²) in [4.78, 5) is 0. The molecular formula is C8H5F2NS2. The average molecular weight is 217 g/mol.